The first-order chi connectivity index (χ1) is 10.1. The van der Waals surface area contributed by atoms with Gasteiger partial charge in [0.15, 0.2) is 5.76 Å². The molecule has 3 rings (SSSR count). The van der Waals surface area contributed by atoms with Crippen LogP contribution in [0.15, 0.2) is 56.1 Å². The Morgan fingerprint density at radius 1 is 1.19 bits per heavy atom. The molecule has 0 saturated carbocycles. The number of fused-ring (bicyclic) bond motifs is 1. The number of ether oxygens (including phenoxy) is 1. The maximum Gasteiger partial charge on any atom is 0.206 e. The van der Waals surface area contributed by atoms with Gasteiger partial charge in [-0.3, -0.25) is 4.79 Å². The molecule has 3 aromatic rings. The van der Waals surface area contributed by atoms with Crippen LogP contribution in [0.25, 0.3) is 22.3 Å². The van der Waals surface area contributed by atoms with Gasteiger partial charge < -0.3 is 9.15 Å². The van der Waals surface area contributed by atoms with E-state index in [0.717, 1.165) is 10.0 Å². The second-order valence-corrected chi connectivity index (χ2v) is 6.36. The van der Waals surface area contributed by atoms with Crippen molar-refractivity contribution in [1.82, 2.24) is 0 Å². The lowest BCUT2D eigenvalue weighted by molar-refractivity contribution is 0.412. The van der Waals surface area contributed by atoms with Crippen molar-refractivity contribution >= 4 is 49.5 Å². The first-order valence-electron chi connectivity index (χ1n) is 6.17. The quantitative estimate of drug-likeness (QED) is 0.518. The van der Waals surface area contributed by atoms with Crippen LogP contribution < -0.4 is 10.2 Å². The number of rotatable bonds is 2. The minimum absolute atomic E-state index is 0.0542. The van der Waals surface area contributed by atoms with E-state index in [1.165, 1.54) is 0 Å². The molecule has 0 aliphatic heterocycles. The average Bonchev–Trinajstić information content (AvgIpc) is 2.51. The first-order valence-corrected chi connectivity index (χ1v) is 8.04. The molecule has 0 atom stereocenters. The van der Waals surface area contributed by atoms with E-state index >= 15 is 0 Å². The third-order valence-corrected chi connectivity index (χ3v) is 4.74. The van der Waals surface area contributed by atoms with Gasteiger partial charge in [0.1, 0.15) is 14.9 Å². The molecular weight excluding hydrogens is 447 g/mol. The van der Waals surface area contributed by atoms with E-state index in [9.17, 15) is 4.79 Å². The Morgan fingerprint density at radius 2 is 1.90 bits per heavy atom. The largest absolute Gasteiger partial charge is 0.496 e. The molecule has 5 heteroatoms. The Bertz CT molecular complexity index is 872. The topological polar surface area (TPSA) is 39.4 Å². The summed E-state index contributed by atoms with van der Waals surface area (Å²) in [5.74, 6) is 1.20. The predicted octanol–water partition coefficient (Wildman–Crippen LogP) is 4.84. The third kappa shape index (κ3) is 2.60. The highest BCUT2D eigenvalue weighted by Gasteiger charge is 2.15. The fourth-order valence-electron chi connectivity index (χ4n) is 2.10. The van der Waals surface area contributed by atoms with Crippen LogP contribution in [0.5, 0.6) is 5.75 Å². The van der Waals surface area contributed by atoms with Gasteiger partial charge in [0.2, 0.25) is 5.43 Å². The predicted molar refractivity (Wildman–Crippen MR) is 94.9 cm³/mol. The fraction of sp³-hybridized carbons (Fsp3) is 0.0625. The van der Waals surface area contributed by atoms with Gasteiger partial charge in [-0.25, -0.2) is 0 Å². The van der Waals surface area contributed by atoms with E-state index in [4.69, 9.17) is 9.15 Å². The van der Waals surface area contributed by atoms with Gasteiger partial charge in [0.25, 0.3) is 0 Å². The van der Waals surface area contributed by atoms with Crippen molar-refractivity contribution in [3.05, 3.63) is 60.7 Å². The number of hydrogen-bond donors (Lipinski definition) is 0. The number of halogens is 2. The fourth-order valence-corrected chi connectivity index (χ4v) is 3.30. The van der Waals surface area contributed by atoms with Crippen molar-refractivity contribution in [3.63, 3.8) is 0 Å². The zero-order valence-electron chi connectivity index (χ0n) is 11.0. The van der Waals surface area contributed by atoms with Crippen LogP contribution in [0, 0.1) is 3.57 Å². The molecule has 106 valence electrons. The summed E-state index contributed by atoms with van der Waals surface area (Å²) in [4.78, 5) is 12.6. The molecule has 0 saturated heterocycles. The SMILES string of the molecule is COc1cc2c(=O)c(I)c(-c3ccccc3)oc2cc1Br. The molecule has 0 radical (unpaired) electrons. The van der Waals surface area contributed by atoms with Crippen molar-refractivity contribution in [3.8, 4) is 17.1 Å². The van der Waals surface area contributed by atoms with Crippen molar-refractivity contribution < 1.29 is 9.15 Å². The van der Waals surface area contributed by atoms with Crippen molar-refractivity contribution in [2.45, 2.75) is 0 Å². The molecule has 1 heterocycles. The van der Waals surface area contributed by atoms with Gasteiger partial charge in [-0.15, -0.1) is 0 Å². The molecule has 2 aromatic carbocycles. The lowest BCUT2D eigenvalue weighted by Gasteiger charge is -2.08. The van der Waals surface area contributed by atoms with E-state index in [2.05, 4.69) is 15.9 Å². The summed E-state index contributed by atoms with van der Waals surface area (Å²) in [5, 5.41) is 0.513. The van der Waals surface area contributed by atoms with Crippen LogP contribution in [-0.4, -0.2) is 7.11 Å². The van der Waals surface area contributed by atoms with E-state index < -0.39 is 0 Å². The minimum Gasteiger partial charge on any atom is -0.496 e. The van der Waals surface area contributed by atoms with Crippen LogP contribution in [0.4, 0.5) is 0 Å². The van der Waals surface area contributed by atoms with Gasteiger partial charge in [-0.2, -0.15) is 0 Å². The Morgan fingerprint density at radius 3 is 2.57 bits per heavy atom. The molecule has 0 aliphatic carbocycles. The molecule has 21 heavy (non-hydrogen) atoms. The Labute approximate surface area is 143 Å². The van der Waals surface area contributed by atoms with Crippen LogP contribution in [0.2, 0.25) is 0 Å². The van der Waals surface area contributed by atoms with Gasteiger partial charge in [0, 0.05) is 5.56 Å². The average molecular weight is 457 g/mol. The number of benzene rings is 2. The standard InChI is InChI=1S/C16H10BrIO3/c1-20-13-7-10-12(8-11(13)17)21-16(14(18)15(10)19)9-5-3-2-4-6-9/h2-8H,1H3. The van der Waals surface area contributed by atoms with Crippen LogP contribution >= 0.6 is 38.5 Å². The summed E-state index contributed by atoms with van der Waals surface area (Å²) < 4.78 is 12.5. The Kier molecular flexibility index (Phi) is 4.03. The normalized spacial score (nSPS) is 10.8. The zero-order valence-corrected chi connectivity index (χ0v) is 14.8. The summed E-state index contributed by atoms with van der Waals surface area (Å²) in [6.45, 7) is 0. The maximum atomic E-state index is 12.6. The summed E-state index contributed by atoms with van der Waals surface area (Å²) in [7, 11) is 1.57. The molecule has 0 unspecified atom stereocenters. The number of methoxy groups -OCH3 is 1. The summed E-state index contributed by atoms with van der Waals surface area (Å²) in [6.07, 6.45) is 0. The van der Waals surface area contributed by atoms with Gasteiger partial charge in [0.05, 0.1) is 17.0 Å². The molecule has 0 spiro atoms. The van der Waals surface area contributed by atoms with Crippen LogP contribution in [0.1, 0.15) is 0 Å². The molecule has 0 amide bonds. The van der Waals surface area contributed by atoms with E-state index in [0.29, 0.717) is 26.0 Å². The summed E-state index contributed by atoms with van der Waals surface area (Å²) in [5.41, 5.74) is 1.36. The van der Waals surface area contributed by atoms with Gasteiger partial charge >= 0.3 is 0 Å². The van der Waals surface area contributed by atoms with E-state index in [-0.39, 0.29) is 5.43 Å². The van der Waals surface area contributed by atoms with E-state index in [1.807, 2.05) is 52.9 Å². The van der Waals surface area contributed by atoms with Crippen molar-refractivity contribution in [2.24, 2.45) is 0 Å². The second kappa shape index (κ2) is 5.81. The molecule has 1 aromatic heterocycles. The lowest BCUT2D eigenvalue weighted by Crippen LogP contribution is -2.07. The lowest BCUT2D eigenvalue weighted by atomic mass is 10.1. The minimum atomic E-state index is -0.0542. The molecule has 0 fully saturated rings. The molecule has 3 nitrogen and oxygen atoms in total. The molecular formula is C16H10BrIO3. The smallest absolute Gasteiger partial charge is 0.206 e. The highest BCUT2D eigenvalue weighted by Crippen LogP contribution is 2.32. The van der Waals surface area contributed by atoms with Crippen molar-refractivity contribution in [2.75, 3.05) is 7.11 Å². The highest BCUT2D eigenvalue weighted by molar-refractivity contribution is 14.1. The van der Waals surface area contributed by atoms with E-state index in [1.54, 1.807) is 19.2 Å². The maximum absolute atomic E-state index is 12.6. The molecule has 0 aliphatic rings. The molecule has 0 N–H and O–H groups in total. The van der Waals surface area contributed by atoms with Gasteiger partial charge in [-0.05, 0) is 50.7 Å². The molecule has 0 bridgehead atoms. The summed E-state index contributed by atoms with van der Waals surface area (Å²) in [6, 6.07) is 13.1. The second-order valence-electron chi connectivity index (χ2n) is 4.42. The first kappa shape index (κ1) is 14.6. The highest BCUT2D eigenvalue weighted by atomic mass is 127. The van der Waals surface area contributed by atoms with Crippen LogP contribution in [-0.2, 0) is 0 Å². The monoisotopic (exact) mass is 456 g/mol. The third-order valence-electron chi connectivity index (χ3n) is 3.15. The van der Waals surface area contributed by atoms with Crippen molar-refractivity contribution in [1.29, 1.82) is 0 Å². The zero-order chi connectivity index (χ0) is 15.0. The Hall–Kier alpha value is -1.34. The Balaban J connectivity index is 2.35. The van der Waals surface area contributed by atoms with Crippen LogP contribution in [0.3, 0.4) is 0 Å². The van der Waals surface area contributed by atoms with Gasteiger partial charge in [-0.1, -0.05) is 30.3 Å². The summed E-state index contributed by atoms with van der Waals surface area (Å²) >= 11 is 5.44. The number of hydrogen-bond acceptors (Lipinski definition) is 3.